The predicted octanol–water partition coefficient (Wildman–Crippen LogP) is 5.22. The van der Waals surface area contributed by atoms with Crippen LogP contribution >= 0.6 is 0 Å². The van der Waals surface area contributed by atoms with E-state index in [4.69, 9.17) is 0 Å². The maximum Gasteiger partial charge on any atom is 0.0949 e. The summed E-state index contributed by atoms with van der Waals surface area (Å²) in [4.78, 5) is 0. The highest BCUT2D eigenvalue weighted by Gasteiger charge is 2.39. The Hall–Kier alpha value is -0.600. The second kappa shape index (κ2) is 5.65. The fourth-order valence-corrected chi connectivity index (χ4v) is 3.86. The van der Waals surface area contributed by atoms with Gasteiger partial charge in [-0.15, -0.1) is 0 Å². The van der Waals surface area contributed by atoms with Crippen molar-refractivity contribution >= 4 is 0 Å². The molecule has 1 fully saturated rings. The Balaban J connectivity index is 2.00. The van der Waals surface area contributed by atoms with Gasteiger partial charge in [-0.3, -0.25) is 5.01 Å². The summed E-state index contributed by atoms with van der Waals surface area (Å²) in [6.07, 6.45) is 7.88. The van der Waals surface area contributed by atoms with Gasteiger partial charge in [0, 0.05) is 0 Å². The first kappa shape index (κ1) is 15.8. The second-order valence-corrected chi connectivity index (χ2v) is 8.99. The van der Waals surface area contributed by atoms with Crippen molar-refractivity contribution in [1.29, 1.82) is 0 Å². The van der Waals surface area contributed by atoms with Crippen LogP contribution in [0.5, 0.6) is 0 Å². The maximum absolute atomic E-state index is 4.56. The molecule has 1 saturated carbocycles. The first-order chi connectivity index (χ1) is 9.17. The van der Waals surface area contributed by atoms with E-state index in [-0.39, 0.29) is 5.54 Å². The van der Waals surface area contributed by atoms with Crippen LogP contribution in [0.4, 0.5) is 0 Å². The molecule has 0 aromatic carbocycles. The summed E-state index contributed by atoms with van der Waals surface area (Å²) in [5.41, 5.74) is 0.555. The molecule has 0 aromatic rings. The highest BCUT2D eigenvalue weighted by Crippen LogP contribution is 2.38. The fraction of sp³-hybridized carbons (Fsp3) is 1.00. The van der Waals surface area contributed by atoms with E-state index in [9.17, 15) is 0 Å². The Bertz CT molecular complexity index is 348. The molecular formula is C17H33N3. The van der Waals surface area contributed by atoms with Crippen molar-refractivity contribution in [1.82, 2.24) is 5.01 Å². The molecule has 0 radical (unpaired) electrons. The van der Waals surface area contributed by atoms with E-state index in [1.54, 1.807) is 0 Å². The molecule has 2 aliphatic rings. The van der Waals surface area contributed by atoms with E-state index in [1.165, 1.54) is 38.5 Å². The van der Waals surface area contributed by atoms with Gasteiger partial charge in [0.2, 0.25) is 0 Å². The second-order valence-electron chi connectivity index (χ2n) is 8.99. The van der Waals surface area contributed by atoms with Crippen LogP contribution in [0.2, 0.25) is 0 Å². The lowest BCUT2D eigenvalue weighted by Gasteiger charge is -2.38. The molecule has 0 N–H and O–H groups in total. The minimum atomic E-state index is 0.0988. The van der Waals surface area contributed by atoms with Crippen molar-refractivity contribution in [2.24, 2.45) is 21.7 Å². The highest BCUT2D eigenvalue weighted by atomic mass is 15.6. The van der Waals surface area contributed by atoms with Gasteiger partial charge in [-0.1, -0.05) is 38.8 Å². The van der Waals surface area contributed by atoms with Crippen molar-refractivity contribution in [3.63, 3.8) is 0 Å². The zero-order valence-electron chi connectivity index (χ0n) is 14.3. The van der Waals surface area contributed by atoms with Gasteiger partial charge in [0.05, 0.1) is 17.6 Å². The average Bonchev–Trinajstić information content (AvgIpc) is 2.62. The summed E-state index contributed by atoms with van der Waals surface area (Å²) >= 11 is 0. The SMILES string of the molecule is CC(C)(C)CC1CCCC2N=NN(C(C)(C)C)C2CC1. The number of rotatable bonds is 1. The van der Waals surface area contributed by atoms with Crippen LogP contribution < -0.4 is 0 Å². The summed E-state index contributed by atoms with van der Waals surface area (Å²) in [6.45, 7) is 13.9. The zero-order valence-corrected chi connectivity index (χ0v) is 14.3. The summed E-state index contributed by atoms with van der Waals surface area (Å²) in [5, 5.41) is 11.3. The van der Waals surface area contributed by atoms with E-state index >= 15 is 0 Å². The Morgan fingerprint density at radius 1 is 0.950 bits per heavy atom. The molecule has 116 valence electrons. The monoisotopic (exact) mass is 279 g/mol. The normalized spacial score (nSPS) is 31.9. The van der Waals surface area contributed by atoms with Crippen molar-refractivity contribution in [2.75, 3.05) is 0 Å². The third-order valence-corrected chi connectivity index (χ3v) is 4.63. The largest absolute Gasteiger partial charge is 0.268 e. The maximum atomic E-state index is 4.56. The quantitative estimate of drug-likeness (QED) is 0.646. The van der Waals surface area contributed by atoms with Gasteiger partial charge in [-0.05, 0) is 57.8 Å². The number of hydrogen-bond acceptors (Lipinski definition) is 3. The highest BCUT2D eigenvalue weighted by molar-refractivity contribution is 4.93. The number of hydrogen-bond donors (Lipinski definition) is 0. The van der Waals surface area contributed by atoms with Gasteiger partial charge >= 0.3 is 0 Å². The van der Waals surface area contributed by atoms with Gasteiger partial charge in [0.1, 0.15) is 0 Å². The Kier molecular flexibility index (Phi) is 4.46. The van der Waals surface area contributed by atoms with Crippen LogP contribution in [-0.2, 0) is 0 Å². The molecule has 0 saturated heterocycles. The molecule has 0 spiro atoms. The molecular weight excluding hydrogens is 246 g/mol. The van der Waals surface area contributed by atoms with Gasteiger partial charge in [0.25, 0.3) is 0 Å². The molecule has 20 heavy (non-hydrogen) atoms. The Morgan fingerprint density at radius 2 is 1.65 bits per heavy atom. The summed E-state index contributed by atoms with van der Waals surface area (Å²) in [6, 6.07) is 0.989. The number of nitrogens with zero attached hydrogens (tertiary/aromatic N) is 3. The van der Waals surface area contributed by atoms with E-state index in [1.807, 2.05) is 0 Å². The van der Waals surface area contributed by atoms with Gasteiger partial charge in [0.15, 0.2) is 0 Å². The van der Waals surface area contributed by atoms with E-state index in [0.717, 1.165) is 5.92 Å². The topological polar surface area (TPSA) is 28.0 Å². The standard InChI is InChI=1S/C17H33N3/c1-16(2,3)12-13-8-7-9-14-15(11-10-13)20(19-18-14)17(4,5)6/h13-15H,7-12H2,1-6H3. The van der Waals surface area contributed by atoms with Crippen LogP contribution in [0.25, 0.3) is 0 Å². The van der Waals surface area contributed by atoms with Crippen molar-refractivity contribution in [3.05, 3.63) is 0 Å². The first-order valence-electron chi connectivity index (χ1n) is 8.37. The molecule has 0 bridgehead atoms. The van der Waals surface area contributed by atoms with E-state index in [2.05, 4.69) is 56.9 Å². The molecule has 1 aliphatic carbocycles. The zero-order chi connectivity index (χ0) is 15.0. The Labute approximate surface area is 125 Å². The molecule has 2 rings (SSSR count). The minimum Gasteiger partial charge on any atom is -0.268 e. The van der Waals surface area contributed by atoms with Crippen LogP contribution in [0.15, 0.2) is 10.3 Å². The molecule has 1 aliphatic heterocycles. The summed E-state index contributed by atoms with van der Waals surface area (Å²) < 4.78 is 0. The fourth-order valence-electron chi connectivity index (χ4n) is 3.86. The van der Waals surface area contributed by atoms with E-state index in [0.29, 0.717) is 17.5 Å². The van der Waals surface area contributed by atoms with Gasteiger partial charge in [-0.2, -0.15) is 5.11 Å². The molecule has 0 amide bonds. The third-order valence-electron chi connectivity index (χ3n) is 4.63. The Morgan fingerprint density at radius 3 is 2.25 bits per heavy atom. The smallest absolute Gasteiger partial charge is 0.0949 e. The van der Waals surface area contributed by atoms with Crippen molar-refractivity contribution in [2.45, 2.75) is 97.7 Å². The molecule has 3 unspecified atom stereocenters. The van der Waals surface area contributed by atoms with Gasteiger partial charge < -0.3 is 0 Å². The number of fused-ring (bicyclic) bond motifs is 1. The minimum absolute atomic E-state index is 0.0988. The van der Waals surface area contributed by atoms with Crippen LogP contribution in [0.1, 0.15) is 80.1 Å². The van der Waals surface area contributed by atoms with Gasteiger partial charge in [-0.25, -0.2) is 0 Å². The molecule has 3 heteroatoms. The average molecular weight is 279 g/mol. The lowest BCUT2D eigenvalue weighted by Crippen LogP contribution is -2.46. The molecule has 3 atom stereocenters. The summed E-state index contributed by atoms with van der Waals surface area (Å²) in [5.74, 6) is 0.887. The third kappa shape index (κ3) is 3.95. The van der Waals surface area contributed by atoms with Crippen molar-refractivity contribution in [3.8, 4) is 0 Å². The predicted molar refractivity (Wildman–Crippen MR) is 84.7 cm³/mol. The van der Waals surface area contributed by atoms with E-state index < -0.39 is 0 Å². The lowest BCUT2D eigenvalue weighted by molar-refractivity contribution is 0.0797. The first-order valence-corrected chi connectivity index (χ1v) is 8.37. The van der Waals surface area contributed by atoms with Crippen molar-refractivity contribution < 1.29 is 0 Å². The van der Waals surface area contributed by atoms with Crippen LogP contribution in [-0.4, -0.2) is 22.6 Å². The van der Waals surface area contributed by atoms with Crippen LogP contribution in [0, 0.1) is 11.3 Å². The lowest BCUT2D eigenvalue weighted by atomic mass is 9.77. The molecule has 3 nitrogen and oxygen atoms in total. The summed E-state index contributed by atoms with van der Waals surface area (Å²) in [7, 11) is 0. The molecule has 1 heterocycles. The van der Waals surface area contributed by atoms with Crippen LogP contribution in [0.3, 0.4) is 0 Å². The molecule has 0 aromatic heterocycles.